The SMILES string of the molecule is CCC(=O)c1c(I)cccc1OC(F)F. The first-order chi connectivity index (χ1) is 7.06. The van der Waals surface area contributed by atoms with Crippen molar-refractivity contribution in [2.45, 2.75) is 20.0 Å². The summed E-state index contributed by atoms with van der Waals surface area (Å²) in [4.78, 5) is 11.5. The van der Waals surface area contributed by atoms with Crippen LogP contribution in [-0.4, -0.2) is 12.4 Å². The van der Waals surface area contributed by atoms with E-state index < -0.39 is 6.61 Å². The Morgan fingerprint density at radius 1 is 1.53 bits per heavy atom. The maximum Gasteiger partial charge on any atom is 0.387 e. The van der Waals surface area contributed by atoms with Crippen LogP contribution in [0.4, 0.5) is 8.78 Å². The summed E-state index contributed by atoms with van der Waals surface area (Å²) in [6.07, 6.45) is 0.264. The number of hydrogen-bond acceptors (Lipinski definition) is 2. The lowest BCUT2D eigenvalue weighted by molar-refractivity contribution is -0.0501. The van der Waals surface area contributed by atoms with E-state index in [2.05, 4.69) is 4.74 Å². The number of ether oxygens (including phenoxy) is 1. The normalized spacial score (nSPS) is 10.5. The standard InChI is InChI=1S/C10H9F2IO2/c1-2-7(14)9-6(13)4-3-5-8(9)15-10(11)12/h3-5,10H,2H2,1H3. The Morgan fingerprint density at radius 3 is 2.73 bits per heavy atom. The van der Waals surface area contributed by atoms with Crippen molar-refractivity contribution in [3.05, 3.63) is 27.3 Å². The first kappa shape index (κ1) is 12.4. The molecule has 0 N–H and O–H groups in total. The summed E-state index contributed by atoms with van der Waals surface area (Å²) in [6.45, 7) is -1.23. The molecule has 0 fully saturated rings. The highest BCUT2D eigenvalue weighted by Crippen LogP contribution is 2.26. The summed E-state index contributed by atoms with van der Waals surface area (Å²) in [5.41, 5.74) is 0.237. The van der Waals surface area contributed by atoms with Crippen molar-refractivity contribution in [1.29, 1.82) is 0 Å². The van der Waals surface area contributed by atoms with Crippen LogP contribution in [0.2, 0.25) is 0 Å². The molecule has 0 heterocycles. The van der Waals surface area contributed by atoms with Crippen LogP contribution in [0.1, 0.15) is 23.7 Å². The van der Waals surface area contributed by atoms with E-state index in [0.717, 1.165) is 0 Å². The molecule has 82 valence electrons. The summed E-state index contributed by atoms with van der Waals surface area (Å²) in [6, 6.07) is 4.63. The van der Waals surface area contributed by atoms with Gasteiger partial charge in [-0.15, -0.1) is 0 Å². The Bertz CT molecular complexity index is 366. The number of rotatable bonds is 4. The van der Waals surface area contributed by atoms with E-state index in [9.17, 15) is 13.6 Å². The highest BCUT2D eigenvalue weighted by Gasteiger charge is 2.17. The average Bonchev–Trinajstić information content (AvgIpc) is 2.16. The fourth-order valence-corrected chi connectivity index (χ4v) is 1.92. The Hall–Kier alpha value is -0.720. The molecule has 15 heavy (non-hydrogen) atoms. The molecular formula is C10H9F2IO2. The van der Waals surface area contributed by atoms with Gasteiger partial charge in [-0.1, -0.05) is 13.0 Å². The van der Waals surface area contributed by atoms with Gasteiger partial charge >= 0.3 is 6.61 Å². The van der Waals surface area contributed by atoms with E-state index in [-0.39, 0.29) is 23.5 Å². The maximum atomic E-state index is 12.1. The molecule has 0 saturated heterocycles. The smallest absolute Gasteiger partial charge is 0.387 e. The van der Waals surface area contributed by atoms with Crippen LogP contribution in [0.25, 0.3) is 0 Å². The predicted molar refractivity (Wildman–Crippen MR) is 60.4 cm³/mol. The lowest BCUT2D eigenvalue weighted by Gasteiger charge is -2.10. The zero-order valence-electron chi connectivity index (χ0n) is 7.97. The monoisotopic (exact) mass is 326 g/mol. The van der Waals surface area contributed by atoms with E-state index in [0.29, 0.717) is 3.57 Å². The fraction of sp³-hybridized carbons (Fsp3) is 0.300. The van der Waals surface area contributed by atoms with Gasteiger partial charge in [0, 0.05) is 9.99 Å². The molecule has 2 nitrogen and oxygen atoms in total. The highest BCUT2D eigenvalue weighted by atomic mass is 127. The predicted octanol–water partition coefficient (Wildman–Crippen LogP) is 3.49. The van der Waals surface area contributed by atoms with Crippen molar-refractivity contribution in [2.75, 3.05) is 0 Å². The quantitative estimate of drug-likeness (QED) is 0.625. The van der Waals surface area contributed by atoms with Crippen LogP contribution in [0.15, 0.2) is 18.2 Å². The van der Waals surface area contributed by atoms with Gasteiger partial charge in [-0.25, -0.2) is 0 Å². The van der Waals surface area contributed by atoms with Gasteiger partial charge in [-0.3, -0.25) is 4.79 Å². The zero-order chi connectivity index (χ0) is 11.4. The molecular weight excluding hydrogens is 317 g/mol. The number of hydrogen-bond donors (Lipinski definition) is 0. The second kappa shape index (κ2) is 5.39. The molecule has 0 aliphatic rings. The molecule has 1 rings (SSSR count). The highest BCUT2D eigenvalue weighted by molar-refractivity contribution is 14.1. The van der Waals surface area contributed by atoms with Gasteiger partial charge in [-0.2, -0.15) is 8.78 Å². The third-order valence-electron chi connectivity index (χ3n) is 1.79. The molecule has 0 saturated carbocycles. The maximum absolute atomic E-state index is 12.1. The Balaban J connectivity index is 3.14. The van der Waals surface area contributed by atoms with Crippen molar-refractivity contribution in [3.63, 3.8) is 0 Å². The molecule has 0 unspecified atom stereocenters. The lowest BCUT2D eigenvalue weighted by Crippen LogP contribution is -2.09. The molecule has 0 aromatic heterocycles. The van der Waals surface area contributed by atoms with E-state index >= 15 is 0 Å². The largest absolute Gasteiger partial charge is 0.434 e. The minimum atomic E-state index is -2.91. The van der Waals surface area contributed by atoms with Crippen molar-refractivity contribution < 1.29 is 18.3 Å². The van der Waals surface area contributed by atoms with Gasteiger partial charge in [-0.05, 0) is 34.7 Å². The van der Waals surface area contributed by atoms with Crippen molar-refractivity contribution in [2.24, 2.45) is 0 Å². The first-order valence-electron chi connectivity index (χ1n) is 4.32. The molecule has 0 radical (unpaired) electrons. The van der Waals surface area contributed by atoms with Crippen LogP contribution >= 0.6 is 22.6 Å². The molecule has 0 bridgehead atoms. The summed E-state index contributed by atoms with van der Waals surface area (Å²) < 4.78 is 29.0. The Morgan fingerprint density at radius 2 is 2.20 bits per heavy atom. The van der Waals surface area contributed by atoms with E-state index in [1.54, 1.807) is 19.1 Å². The Kier molecular flexibility index (Phi) is 4.44. The van der Waals surface area contributed by atoms with Gasteiger partial charge < -0.3 is 4.74 Å². The minimum absolute atomic E-state index is 0.0521. The molecule has 0 spiro atoms. The van der Waals surface area contributed by atoms with Gasteiger partial charge in [0.15, 0.2) is 5.78 Å². The van der Waals surface area contributed by atoms with Crippen LogP contribution < -0.4 is 4.74 Å². The molecule has 1 aromatic carbocycles. The van der Waals surface area contributed by atoms with Crippen LogP contribution in [-0.2, 0) is 0 Å². The fourth-order valence-electron chi connectivity index (χ4n) is 1.15. The number of carbonyl (C=O) groups excluding carboxylic acids is 1. The van der Waals surface area contributed by atoms with Gasteiger partial charge in [0.1, 0.15) is 5.75 Å². The number of Topliss-reactive ketones (excluding diaryl/α,β-unsaturated/α-hetero) is 1. The van der Waals surface area contributed by atoms with Gasteiger partial charge in [0.05, 0.1) is 5.56 Å². The van der Waals surface area contributed by atoms with E-state index in [4.69, 9.17) is 0 Å². The van der Waals surface area contributed by atoms with Crippen LogP contribution in [0, 0.1) is 3.57 Å². The number of carbonyl (C=O) groups is 1. The number of benzene rings is 1. The average molecular weight is 326 g/mol. The summed E-state index contributed by atoms with van der Waals surface area (Å²) >= 11 is 1.93. The summed E-state index contributed by atoms with van der Waals surface area (Å²) in [5, 5.41) is 0. The minimum Gasteiger partial charge on any atom is -0.434 e. The number of ketones is 1. The second-order valence-corrected chi connectivity index (χ2v) is 3.93. The van der Waals surface area contributed by atoms with Crippen LogP contribution in [0.3, 0.4) is 0 Å². The molecule has 0 aliphatic carbocycles. The topological polar surface area (TPSA) is 26.3 Å². The van der Waals surface area contributed by atoms with Crippen LogP contribution in [0.5, 0.6) is 5.75 Å². The van der Waals surface area contributed by atoms with Gasteiger partial charge in [0.2, 0.25) is 0 Å². The van der Waals surface area contributed by atoms with E-state index in [1.165, 1.54) is 6.07 Å². The molecule has 1 aromatic rings. The number of alkyl halides is 2. The van der Waals surface area contributed by atoms with E-state index in [1.807, 2.05) is 22.6 Å². The molecule has 0 atom stereocenters. The Labute approximate surface area is 99.8 Å². The molecule has 0 aliphatic heterocycles. The lowest BCUT2D eigenvalue weighted by atomic mass is 10.1. The number of halogens is 3. The third kappa shape index (κ3) is 3.12. The third-order valence-corrected chi connectivity index (χ3v) is 2.69. The van der Waals surface area contributed by atoms with Gasteiger partial charge in [0.25, 0.3) is 0 Å². The molecule has 5 heteroatoms. The first-order valence-corrected chi connectivity index (χ1v) is 5.40. The second-order valence-electron chi connectivity index (χ2n) is 2.77. The van der Waals surface area contributed by atoms with Crippen molar-refractivity contribution in [1.82, 2.24) is 0 Å². The molecule has 0 amide bonds. The summed E-state index contributed by atoms with van der Waals surface area (Å²) in [7, 11) is 0. The van der Waals surface area contributed by atoms with Crippen molar-refractivity contribution in [3.8, 4) is 5.75 Å². The summed E-state index contributed by atoms with van der Waals surface area (Å²) in [5.74, 6) is -0.251. The zero-order valence-corrected chi connectivity index (χ0v) is 10.1. The van der Waals surface area contributed by atoms with Crippen molar-refractivity contribution >= 4 is 28.4 Å².